The van der Waals surface area contributed by atoms with E-state index in [2.05, 4.69) is 15.3 Å². The number of anilines is 3. The minimum atomic E-state index is -3.15. The molecule has 0 bridgehead atoms. The van der Waals surface area contributed by atoms with Crippen LogP contribution in [0.5, 0.6) is 0 Å². The van der Waals surface area contributed by atoms with Crippen molar-refractivity contribution in [3.63, 3.8) is 0 Å². The number of aromatic nitrogens is 1. The molecule has 2 aromatic rings. The third-order valence-corrected chi connectivity index (χ3v) is 6.14. The van der Waals surface area contributed by atoms with Gasteiger partial charge in [-0.25, -0.2) is 13.8 Å². The van der Waals surface area contributed by atoms with Crippen molar-refractivity contribution in [1.29, 1.82) is 0 Å². The summed E-state index contributed by atoms with van der Waals surface area (Å²) in [6, 6.07) is 5.32. The maximum atomic E-state index is 14.7. The number of hydrogen-bond acceptors (Lipinski definition) is 5. The van der Waals surface area contributed by atoms with E-state index in [0.717, 1.165) is 0 Å². The van der Waals surface area contributed by atoms with Crippen molar-refractivity contribution < 1.29 is 22.7 Å². The molecule has 6 nitrogen and oxygen atoms in total. The summed E-state index contributed by atoms with van der Waals surface area (Å²) in [6.07, 6.45) is 1.42. The first kappa shape index (κ1) is 20.3. The van der Waals surface area contributed by atoms with Gasteiger partial charge in [0.1, 0.15) is 17.7 Å². The van der Waals surface area contributed by atoms with E-state index in [9.17, 15) is 18.0 Å². The van der Waals surface area contributed by atoms with Crippen LogP contribution in [-0.4, -0.2) is 48.3 Å². The van der Waals surface area contributed by atoms with Crippen LogP contribution in [-0.2, 0) is 9.53 Å². The molecule has 0 radical (unpaired) electrons. The van der Waals surface area contributed by atoms with Gasteiger partial charge in [0.2, 0.25) is 5.95 Å². The largest absolute Gasteiger partial charge is 0.356 e. The van der Waals surface area contributed by atoms with E-state index in [1.165, 1.54) is 17.2 Å². The summed E-state index contributed by atoms with van der Waals surface area (Å²) in [5.74, 6) is -4.63. The molecule has 0 spiro atoms. The van der Waals surface area contributed by atoms with Gasteiger partial charge in [0.25, 0.3) is 11.8 Å². The number of fused-ring (bicyclic) bond motifs is 3. The van der Waals surface area contributed by atoms with E-state index in [1.54, 1.807) is 25.2 Å². The van der Waals surface area contributed by atoms with Crippen LogP contribution in [0.15, 0.2) is 35.5 Å². The van der Waals surface area contributed by atoms with Crippen molar-refractivity contribution in [3.05, 3.63) is 47.0 Å². The van der Waals surface area contributed by atoms with Crippen molar-refractivity contribution in [2.24, 2.45) is 10.9 Å². The third-order valence-electron chi connectivity index (χ3n) is 5.78. The van der Waals surface area contributed by atoms with Gasteiger partial charge in [-0.3, -0.25) is 9.79 Å². The molecule has 1 aliphatic carbocycles. The number of rotatable bonds is 3. The Kier molecular flexibility index (Phi) is 4.71. The second kappa shape index (κ2) is 7.20. The monoisotopic (exact) mass is 450 g/mol. The topological polar surface area (TPSA) is 66.8 Å². The van der Waals surface area contributed by atoms with Gasteiger partial charge in [0.15, 0.2) is 6.10 Å². The maximum absolute atomic E-state index is 14.7. The van der Waals surface area contributed by atoms with Crippen LogP contribution >= 0.6 is 11.6 Å². The molecule has 1 aromatic heterocycles. The lowest BCUT2D eigenvalue weighted by Crippen LogP contribution is -2.48. The number of benzene rings is 1. The second-order valence-corrected chi connectivity index (χ2v) is 8.34. The molecule has 5 rings (SSSR count). The Labute approximate surface area is 181 Å². The number of nitrogens with zero attached hydrogens (tertiary/aromatic N) is 3. The number of hydrogen-bond donors (Lipinski definition) is 1. The first-order valence-corrected chi connectivity index (χ1v) is 10.2. The summed E-state index contributed by atoms with van der Waals surface area (Å²) >= 11 is 5.97. The van der Waals surface area contributed by atoms with Gasteiger partial charge >= 0.3 is 0 Å². The highest BCUT2D eigenvalue weighted by Gasteiger charge is 2.53. The zero-order valence-electron chi connectivity index (χ0n) is 16.4. The Morgan fingerprint density at radius 1 is 1.29 bits per heavy atom. The molecule has 1 amide bonds. The Morgan fingerprint density at radius 2 is 2.06 bits per heavy atom. The highest BCUT2D eigenvalue weighted by molar-refractivity contribution is 6.33. The fraction of sp³-hybridized carbons (Fsp3) is 0.381. The van der Waals surface area contributed by atoms with Gasteiger partial charge < -0.3 is 15.0 Å². The first-order valence-electron chi connectivity index (χ1n) is 9.82. The molecule has 0 saturated heterocycles. The number of carbonyl (C=O) groups excluding carboxylic acids is 1. The summed E-state index contributed by atoms with van der Waals surface area (Å²) in [5.41, 5.74) is 2.05. The molecular formula is C21H18ClF3N4O2. The minimum Gasteiger partial charge on any atom is -0.356 e. The normalized spacial score (nSPS) is 24.7. The smallest absolute Gasteiger partial charge is 0.293 e. The molecule has 2 aliphatic heterocycles. The summed E-state index contributed by atoms with van der Waals surface area (Å²) in [6.45, 7) is -0.857. The molecule has 3 heterocycles. The molecule has 162 valence electrons. The molecule has 1 fully saturated rings. The van der Waals surface area contributed by atoms with E-state index >= 15 is 0 Å². The molecule has 1 aromatic carbocycles. The maximum Gasteiger partial charge on any atom is 0.293 e. The van der Waals surface area contributed by atoms with Crippen LogP contribution in [0.2, 0.25) is 5.02 Å². The van der Waals surface area contributed by atoms with Crippen molar-refractivity contribution in [2.75, 3.05) is 23.9 Å². The second-order valence-electron chi connectivity index (χ2n) is 7.97. The quantitative estimate of drug-likeness (QED) is 0.712. The van der Waals surface area contributed by atoms with Crippen LogP contribution in [0.25, 0.3) is 0 Å². The Morgan fingerprint density at radius 3 is 2.81 bits per heavy atom. The van der Waals surface area contributed by atoms with Crippen LogP contribution in [0.1, 0.15) is 18.4 Å². The summed E-state index contributed by atoms with van der Waals surface area (Å²) in [7, 11) is 1.56. The van der Waals surface area contributed by atoms with Crippen LogP contribution in [0, 0.1) is 11.9 Å². The average Bonchev–Trinajstić information content (AvgIpc) is 3.57. The van der Waals surface area contributed by atoms with Crippen LogP contribution in [0.3, 0.4) is 0 Å². The molecule has 3 aliphatic rings. The Hall–Kier alpha value is -2.65. The number of aliphatic imine (C=N–C) groups is 1. The molecule has 1 saturated carbocycles. The van der Waals surface area contributed by atoms with E-state index < -0.39 is 36.5 Å². The lowest BCUT2D eigenvalue weighted by atomic mass is 9.95. The van der Waals surface area contributed by atoms with Crippen LogP contribution < -0.4 is 10.2 Å². The number of halogens is 4. The highest BCUT2D eigenvalue weighted by atomic mass is 35.5. The number of pyridine rings is 1. The molecular weight excluding hydrogens is 433 g/mol. The number of nitrogens with one attached hydrogen (secondary N) is 1. The summed E-state index contributed by atoms with van der Waals surface area (Å²) < 4.78 is 48.4. The average molecular weight is 451 g/mol. The number of ether oxygens (including phenoxy) is 1. The van der Waals surface area contributed by atoms with E-state index in [-0.39, 0.29) is 16.7 Å². The molecule has 31 heavy (non-hydrogen) atoms. The third kappa shape index (κ3) is 3.45. The number of amides is 1. The number of alkyl halides is 2. The van der Waals surface area contributed by atoms with Gasteiger partial charge in [-0.1, -0.05) is 11.6 Å². The number of likely N-dealkylation sites (N-methyl/N-ethyl adjacent to an activating group) is 1. The predicted molar refractivity (Wildman–Crippen MR) is 110 cm³/mol. The molecule has 2 atom stereocenters. The lowest BCUT2D eigenvalue weighted by molar-refractivity contribution is -0.134. The van der Waals surface area contributed by atoms with Crippen molar-refractivity contribution in [2.45, 2.75) is 30.9 Å². The Balaban J connectivity index is 1.60. The zero-order chi connectivity index (χ0) is 21.9. The highest BCUT2D eigenvalue weighted by Crippen LogP contribution is 2.44. The van der Waals surface area contributed by atoms with E-state index in [4.69, 9.17) is 16.3 Å². The zero-order valence-corrected chi connectivity index (χ0v) is 17.2. The van der Waals surface area contributed by atoms with Gasteiger partial charge in [-0.05, 0) is 43.0 Å². The van der Waals surface area contributed by atoms with Gasteiger partial charge in [-0.2, -0.15) is 4.39 Å². The first-order chi connectivity index (χ1) is 14.8. The minimum absolute atomic E-state index is 0.172. The molecule has 1 N–H and O–H groups in total. The number of carbonyl (C=O) groups is 1. The van der Waals surface area contributed by atoms with Crippen LogP contribution in [0.4, 0.5) is 30.2 Å². The van der Waals surface area contributed by atoms with E-state index in [1.807, 2.05) is 0 Å². The predicted octanol–water partition coefficient (Wildman–Crippen LogP) is 4.20. The summed E-state index contributed by atoms with van der Waals surface area (Å²) in [4.78, 5) is 22.1. The van der Waals surface area contributed by atoms with E-state index in [0.29, 0.717) is 35.5 Å². The van der Waals surface area contributed by atoms with Gasteiger partial charge in [0.05, 0.1) is 17.1 Å². The molecule has 1 unspecified atom stereocenters. The van der Waals surface area contributed by atoms with Gasteiger partial charge in [-0.15, -0.1) is 0 Å². The molecule has 10 heteroatoms. The van der Waals surface area contributed by atoms with Crippen molar-refractivity contribution >= 4 is 40.3 Å². The standard InChI is InChI=1S/C21H18ClF3N4O2/c1-29-14-5-4-11(27-13-6-7-26-19(23)15(13)22)8-12(14)16-17(20(29)30)31-9-21(24,25)18(28-16)10-2-3-10/h4-8,10,17-18H,2-3,9H2,1H3,(H,26,27)/t17?,18-/m0/s1. The lowest BCUT2D eigenvalue weighted by Gasteiger charge is -2.32. The SMILES string of the molecule is CN1C(=O)C2OCC(F)(F)[C@H](C3CC3)N=C2c2cc(Nc3ccnc(F)c3Cl)ccc21. The van der Waals surface area contributed by atoms with Crippen molar-refractivity contribution in [3.8, 4) is 0 Å². The fourth-order valence-electron chi connectivity index (χ4n) is 4.01. The summed E-state index contributed by atoms with van der Waals surface area (Å²) in [5, 5.41) is 2.83. The van der Waals surface area contributed by atoms with Crippen molar-refractivity contribution in [1.82, 2.24) is 4.98 Å². The Bertz CT molecular complexity index is 1110. The fourth-order valence-corrected chi connectivity index (χ4v) is 4.17. The van der Waals surface area contributed by atoms with Gasteiger partial charge in [0, 0.05) is 24.5 Å².